The molecule has 0 aliphatic carbocycles. The second kappa shape index (κ2) is 10.7. The van der Waals surface area contributed by atoms with Crippen LogP contribution in [0.15, 0.2) is 47.0 Å². The number of hydrogen-bond donors (Lipinski definition) is 0. The van der Waals surface area contributed by atoms with Gasteiger partial charge in [-0.1, -0.05) is 17.3 Å². The first-order valence-corrected chi connectivity index (χ1v) is 11.1. The second-order valence-electron chi connectivity index (χ2n) is 8.30. The average Bonchev–Trinajstić information content (AvgIpc) is 3.30. The summed E-state index contributed by atoms with van der Waals surface area (Å²) in [6.45, 7) is 6.64. The highest BCUT2D eigenvalue weighted by Crippen LogP contribution is 2.31. The standard InChI is InChI=1S/C25H29N3O6/c1-16-12-28(13-17(2)33-16)14-18-5-7-19(8-6-18)25(29)32-15-23-26-24(27-34-23)21-10-9-20(30-3)11-22(21)31-4/h5-11,16-17H,12-15H2,1-4H3. The monoisotopic (exact) mass is 467 g/mol. The Labute approximate surface area is 198 Å². The molecule has 0 radical (unpaired) electrons. The molecule has 1 aromatic heterocycles. The molecule has 2 unspecified atom stereocenters. The molecule has 9 nitrogen and oxygen atoms in total. The Morgan fingerprint density at radius 2 is 1.79 bits per heavy atom. The minimum absolute atomic E-state index is 0.129. The predicted octanol–water partition coefficient (Wildman–Crippen LogP) is 3.72. The van der Waals surface area contributed by atoms with Crippen LogP contribution in [0, 0.1) is 0 Å². The summed E-state index contributed by atoms with van der Waals surface area (Å²) in [7, 11) is 3.13. The van der Waals surface area contributed by atoms with E-state index in [1.165, 1.54) is 0 Å². The van der Waals surface area contributed by atoms with Crippen LogP contribution in [0.4, 0.5) is 0 Å². The SMILES string of the molecule is COc1ccc(-c2noc(COC(=O)c3ccc(CN4CC(C)OC(C)C4)cc3)n2)c(OC)c1. The van der Waals surface area contributed by atoms with E-state index in [1.54, 1.807) is 44.6 Å². The van der Waals surface area contributed by atoms with Crippen molar-refractivity contribution in [1.29, 1.82) is 0 Å². The van der Waals surface area contributed by atoms with Crippen LogP contribution in [0.3, 0.4) is 0 Å². The van der Waals surface area contributed by atoms with Gasteiger partial charge in [-0.05, 0) is 43.7 Å². The summed E-state index contributed by atoms with van der Waals surface area (Å²) in [6, 6.07) is 12.7. The Morgan fingerprint density at radius 1 is 1.06 bits per heavy atom. The topological polar surface area (TPSA) is 96.2 Å². The van der Waals surface area contributed by atoms with Gasteiger partial charge >= 0.3 is 5.97 Å². The summed E-state index contributed by atoms with van der Waals surface area (Å²) < 4.78 is 27.0. The first-order valence-electron chi connectivity index (χ1n) is 11.1. The van der Waals surface area contributed by atoms with Crippen molar-refractivity contribution in [3.63, 3.8) is 0 Å². The Hall–Kier alpha value is -3.43. The van der Waals surface area contributed by atoms with Crippen molar-refractivity contribution >= 4 is 5.97 Å². The molecular weight excluding hydrogens is 438 g/mol. The minimum atomic E-state index is -0.457. The van der Waals surface area contributed by atoms with Crippen LogP contribution in [-0.2, 0) is 22.6 Å². The van der Waals surface area contributed by atoms with Gasteiger partial charge in [0.25, 0.3) is 5.89 Å². The summed E-state index contributed by atoms with van der Waals surface area (Å²) in [5.74, 6) is 1.26. The number of carbonyl (C=O) groups is 1. The highest BCUT2D eigenvalue weighted by Gasteiger charge is 2.22. The van der Waals surface area contributed by atoms with Crippen molar-refractivity contribution in [3.8, 4) is 22.9 Å². The molecule has 0 amide bonds. The average molecular weight is 468 g/mol. The maximum atomic E-state index is 12.5. The molecule has 0 spiro atoms. The van der Waals surface area contributed by atoms with Crippen LogP contribution in [-0.4, -0.2) is 60.5 Å². The van der Waals surface area contributed by atoms with E-state index >= 15 is 0 Å². The molecule has 0 N–H and O–H groups in total. The van der Waals surface area contributed by atoms with E-state index in [0.717, 1.165) is 25.2 Å². The number of methoxy groups -OCH3 is 2. The molecule has 0 bridgehead atoms. The molecule has 3 aromatic rings. The zero-order valence-corrected chi connectivity index (χ0v) is 19.8. The molecule has 1 saturated heterocycles. The molecular formula is C25H29N3O6. The molecule has 2 aromatic carbocycles. The quantitative estimate of drug-likeness (QED) is 0.459. The van der Waals surface area contributed by atoms with Crippen LogP contribution in [0.5, 0.6) is 11.5 Å². The number of nitrogens with zero attached hydrogens (tertiary/aromatic N) is 3. The van der Waals surface area contributed by atoms with Crippen molar-refractivity contribution in [2.24, 2.45) is 0 Å². The third-order valence-corrected chi connectivity index (χ3v) is 5.54. The minimum Gasteiger partial charge on any atom is -0.497 e. The molecule has 2 heterocycles. The Bertz CT molecular complexity index is 1100. The third kappa shape index (κ3) is 5.73. The largest absolute Gasteiger partial charge is 0.497 e. The van der Waals surface area contributed by atoms with Gasteiger partial charge in [0, 0.05) is 25.7 Å². The van der Waals surface area contributed by atoms with Crippen LogP contribution in [0.2, 0.25) is 0 Å². The van der Waals surface area contributed by atoms with Gasteiger partial charge in [0.05, 0.1) is 37.6 Å². The summed E-state index contributed by atoms with van der Waals surface area (Å²) in [4.78, 5) is 19.1. The number of ether oxygens (including phenoxy) is 4. The van der Waals surface area contributed by atoms with Gasteiger partial charge in [0.15, 0.2) is 6.61 Å². The fraction of sp³-hybridized carbons (Fsp3) is 0.400. The summed E-state index contributed by atoms with van der Waals surface area (Å²) >= 11 is 0. The van der Waals surface area contributed by atoms with E-state index in [2.05, 4.69) is 28.9 Å². The normalized spacial score (nSPS) is 18.5. The van der Waals surface area contributed by atoms with E-state index < -0.39 is 5.97 Å². The van der Waals surface area contributed by atoms with Gasteiger partial charge in [-0.25, -0.2) is 4.79 Å². The van der Waals surface area contributed by atoms with Crippen molar-refractivity contribution in [2.45, 2.75) is 39.2 Å². The van der Waals surface area contributed by atoms with Crippen LogP contribution >= 0.6 is 0 Å². The lowest BCUT2D eigenvalue weighted by molar-refractivity contribution is -0.0704. The summed E-state index contributed by atoms with van der Waals surface area (Å²) in [6.07, 6.45) is 0.433. The van der Waals surface area contributed by atoms with Crippen molar-refractivity contribution in [2.75, 3.05) is 27.3 Å². The highest BCUT2D eigenvalue weighted by molar-refractivity contribution is 5.89. The van der Waals surface area contributed by atoms with Crippen LogP contribution < -0.4 is 9.47 Å². The smallest absolute Gasteiger partial charge is 0.338 e. The lowest BCUT2D eigenvalue weighted by Gasteiger charge is -2.35. The van der Waals surface area contributed by atoms with E-state index in [0.29, 0.717) is 28.5 Å². The molecule has 1 fully saturated rings. The fourth-order valence-corrected chi connectivity index (χ4v) is 4.03. The number of morpholine rings is 1. The number of rotatable bonds is 8. The number of aromatic nitrogens is 2. The maximum absolute atomic E-state index is 12.5. The second-order valence-corrected chi connectivity index (χ2v) is 8.30. The van der Waals surface area contributed by atoms with Gasteiger partial charge in [0.1, 0.15) is 11.5 Å². The van der Waals surface area contributed by atoms with E-state index in [9.17, 15) is 4.79 Å². The Morgan fingerprint density at radius 3 is 2.47 bits per heavy atom. The first kappa shape index (κ1) is 23.7. The van der Waals surface area contributed by atoms with Gasteiger partial charge in [-0.2, -0.15) is 4.98 Å². The molecule has 4 rings (SSSR count). The number of hydrogen-bond acceptors (Lipinski definition) is 9. The summed E-state index contributed by atoms with van der Waals surface area (Å²) in [5, 5.41) is 3.97. The summed E-state index contributed by atoms with van der Waals surface area (Å²) in [5.41, 5.74) is 2.24. The van der Waals surface area contributed by atoms with Crippen molar-refractivity contribution in [3.05, 3.63) is 59.5 Å². The van der Waals surface area contributed by atoms with Gasteiger partial charge in [-0.3, -0.25) is 4.90 Å². The Balaban J connectivity index is 1.33. The van der Waals surface area contributed by atoms with E-state index in [1.807, 2.05) is 12.1 Å². The molecule has 2 atom stereocenters. The predicted molar refractivity (Wildman–Crippen MR) is 124 cm³/mol. The number of benzene rings is 2. The van der Waals surface area contributed by atoms with Gasteiger partial charge in [0.2, 0.25) is 5.82 Å². The van der Waals surface area contributed by atoms with Crippen molar-refractivity contribution < 1.29 is 28.3 Å². The molecule has 9 heteroatoms. The number of carbonyl (C=O) groups excluding carboxylic acids is 1. The van der Waals surface area contributed by atoms with Crippen molar-refractivity contribution in [1.82, 2.24) is 15.0 Å². The molecule has 1 aliphatic rings. The fourth-order valence-electron chi connectivity index (χ4n) is 4.03. The molecule has 1 aliphatic heterocycles. The third-order valence-electron chi connectivity index (χ3n) is 5.54. The van der Waals surface area contributed by atoms with E-state index in [4.69, 9.17) is 23.5 Å². The lowest BCUT2D eigenvalue weighted by atomic mass is 10.1. The molecule has 34 heavy (non-hydrogen) atoms. The zero-order chi connectivity index (χ0) is 24.1. The van der Waals surface area contributed by atoms with E-state index in [-0.39, 0.29) is 24.7 Å². The number of esters is 1. The highest BCUT2D eigenvalue weighted by atomic mass is 16.6. The molecule has 0 saturated carbocycles. The maximum Gasteiger partial charge on any atom is 0.338 e. The molecule has 180 valence electrons. The van der Waals surface area contributed by atoms with Crippen LogP contribution in [0.1, 0.15) is 35.7 Å². The van der Waals surface area contributed by atoms with Crippen LogP contribution in [0.25, 0.3) is 11.4 Å². The lowest BCUT2D eigenvalue weighted by Crippen LogP contribution is -2.44. The van der Waals surface area contributed by atoms with Gasteiger partial charge < -0.3 is 23.5 Å². The van der Waals surface area contributed by atoms with Gasteiger partial charge in [-0.15, -0.1) is 0 Å². The Kier molecular flexibility index (Phi) is 7.44. The first-order chi connectivity index (χ1) is 16.4. The zero-order valence-electron chi connectivity index (χ0n) is 19.8.